The van der Waals surface area contributed by atoms with Crippen molar-refractivity contribution in [2.24, 2.45) is 0 Å². The maximum absolute atomic E-state index is 11.6. The fourth-order valence-corrected chi connectivity index (χ4v) is 2.88. The molecule has 1 aromatic rings. The number of amides is 1. The normalized spacial score (nSPS) is 22.3. The molecule has 5 nitrogen and oxygen atoms in total. The summed E-state index contributed by atoms with van der Waals surface area (Å²) in [7, 11) is 3.39. The number of rotatable bonds is 6. The van der Waals surface area contributed by atoms with E-state index in [-0.39, 0.29) is 11.5 Å². The molecule has 1 aliphatic rings. The van der Waals surface area contributed by atoms with Crippen molar-refractivity contribution in [3.8, 4) is 5.75 Å². The van der Waals surface area contributed by atoms with Crippen LogP contribution < -0.4 is 10.1 Å². The van der Waals surface area contributed by atoms with Gasteiger partial charge >= 0.3 is 0 Å². The van der Waals surface area contributed by atoms with E-state index < -0.39 is 0 Å². The first-order chi connectivity index (χ1) is 10.6. The van der Waals surface area contributed by atoms with Gasteiger partial charge in [-0.25, -0.2) is 0 Å². The fourth-order valence-electron chi connectivity index (χ4n) is 2.88. The number of ether oxygens (including phenoxy) is 2. The molecular weight excluding hydrogens is 280 g/mol. The van der Waals surface area contributed by atoms with Gasteiger partial charge < -0.3 is 14.8 Å². The molecule has 1 atom stereocenters. The third-order valence-electron chi connectivity index (χ3n) is 4.28. The van der Waals surface area contributed by atoms with Gasteiger partial charge in [-0.1, -0.05) is 18.2 Å². The molecule has 1 heterocycles. The SMILES string of the molecule is CNC(=O)CN1CCC[C@](COc2ccccc2C)(OC)C1. The second-order valence-corrected chi connectivity index (χ2v) is 5.93. The average Bonchev–Trinajstić information content (AvgIpc) is 2.54. The molecule has 0 radical (unpaired) electrons. The molecular formula is C17H26N2O3. The van der Waals surface area contributed by atoms with Crippen molar-refractivity contribution < 1.29 is 14.3 Å². The summed E-state index contributed by atoms with van der Waals surface area (Å²) in [5.41, 5.74) is 0.765. The van der Waals surface area contributed by atoms with Crippen molar-refractivity contribution in [3.63, 3.8) is 0 Å². The van der Waals surface area contributed by atoms with Gasteiger partial charge in [0.1, 0.15) is 18.0 Å². The lowest BCUT2D eigenvalue weighted by Crippen LogP contribution is -2.54. The molecule has 0 spiro atoms. The van der Waals surface area contributed by atoms with Gasteiger partial charge in [-0.2, -0.15) is 0 Å². The van der Waals surface area contributed by atoms with Crippen LogP contribution in [0.15, 0.2) is 24.3 Å². The number of carbonyl (C=O) groups excluding carboxylic acids is 1. The minimum absolute atomic E-state index is 0.0340. The Kier molecular flexibility index (Phi) is 5.80. The molecule has 2 rings (SSSR count). The van der Waals surface area contributed by atoms with Crippen LogP contribution in [-0.4, -0.2) is 56.8 Å². The summed E-state index contributed by atoms with van der Waals surface area (Å²) in [6, 6.07) is 7.98. The number of methoxy groups -OCH3 is 1. The number of piperidine rings is 1. The van der Waals surface area contributed by atoms with E-state index in [1.165, 1.54) is 0 Å². The first-order valence-corrected chi connectivity index (χ1v) is 7.75. The standard InChI is InChI=1S/C17H26N2O3/c1-14-7-4-5-8-15(14)22-13-17(21-3)9-6-10-19(12-17)11-16(20)18-2/h4-5,7-8H,6,9-13H2,1-3H3,(H,18,20)/t17-/m0/s1. The molecule has 122 valence electrons. The zero-order valence-corrected chi connectivity index (χ0v) is 13.7. The third-order valence-corrected chi connectivity index (χ3v) is 4.28. The first kappa shape index (κ1) is 16.8. The van der Waals surface area contributed by atoms with Crippen molar-refractivity contribution in [1.82, 2.24) is 10.2 Å². The number of nitrogens with zero attached hydrogens (tertiary/aromatic N) is 1. The second kappa shape index (κ2) is 7.61. The number of para-hydroxylation sites is 1. The highest BCUT2D eigenvalue weighted by atomic mass is 16.5. The first-order valence-electron chi connectivity index (χ1n) is 7.75. The molecule has 0 aliphatic carbocycles. The third kappa shape index (κ3) is 4.21. The van der Waals surface area contributed by atoms with Crippen molar-refractivity contribution in [1.29, 1.82) is 0 Å². The van der Waals surface area contributed by atoms with E-state index in [1.807, 2.05) is 31.2 Å². The predicted molar refractivity (Wildman–Crippen MR) is 86.2 cm³/mol. The van der Waals surface area contributed by atoms with E-state index in [2.05, 4.69) is 10.2 Å². The molecule has 0 unspecified atom stereocenters. The van der Waals surface area contributed by atoms with Gasteiger partial charge in [0.15, 0.2) is 0 Å². The summed E-state index contributed by atoms with van der Waals surface area (Å²) in [5.74, 6) is 0.925. The van der Waals surface area contributed by atoms with Crippen LogP contribution >= 0.6 is 0 Å². The zero-order valence-electron chi connectivity index (χ0n) is 13.7. The number of hydrogen-bond donors (Lipinski definition) is 1. The van der Waals surface area contributed by atoms with Crippen molar-refractivity contribution in [2.45, 2.75) is 25.4 Å². The van der Waals surface area contributed by atoms with Gasteiger partial charge in [-0.15, -0.1) is 0 Å². The topological polar surface area (TPSA) is 50.8 Å². The largest absolute Gasteiger partial charge is 0.490 e. The van der Waals surface area contributed by atoms with Crippen LogP contribution in [0.1, 0.15) is 18.4 Å². The highest BCUT2D eigenvalue weighted by Gasteiger charge is 2.37. The smallest absolute Gasteiger partial charge is 0.233 e. The predicted octanol–water partition coefficient (Wildman–Crippen LogP) is 1.60. The zero-order chi connectivity index (χ0) is 16.0. The Morgan fingerprint density at radius 3 is 2.86 bits per heavy atom. The van der Waals surface area contributed by atoms with E-state index in [0.717, 1.165) is 30.7 Å². The van der Waals surface area contributed by atoms with Gasteiger partial charge in [0.2, 0.25) is 5.91 Å². The number of carbonyl (C=O) groups is 1. The molecule has 1 fully saturated rings. The van der Waals surface area contributed by atoms with E-state index in [0.29, 0.717) is 19.7 Å². The lowest BCUT2D eigenvalue weighted by molar-refractivity contribution is -0.126. The van der Waals surface area contributed by atoms with Crippen LogP contribution in [0, 0.1) is 6.92 Å². The molecule has 0 bridgehead atoms. The maximum atomic E-state index is 11.6. The summed E-state index contributed by atoms with van der Waals surface area (Å²) < 4.78 is 11.8. The summed E-state index contributed by atoms with van der Waals surface area (Å²) in [6.45, 7) is 4.57. The lowest BCUT2D eigenvalue weighted by atomic mass is 9.93. The maximum Gasteiger partial charge on any atom is 0.233 e. The van der Waals surface area contributed by atoms with Crippen molar-refractivity contribution in [2.75, 3.05) is 40.4 Å². The molecule has 22 heavy (non-hydrogen) atoms. The molecule has 1 saturated heterocycles. The Balaban J connectivity index is 1.99. The van der Waals surface area contributed by atoms with Gasteiger partial charge in [-0.3, -0.25) is 9.69 Å². The van der Waals surface area contributed by atoms with Crippen LogP contribution in [0.5, 0.6) is 5.75 Å². The second-order valence-electron chi connectivity index (χ2n) is 5.93. The van der Waals surface area contributed by atoms with Crippen molar-refractivity contribution in [3.05, 3.63) is 29.8 Å². The number of likely N-dealkylation sites (tertiary alicyclic amines) is 1. The van der Waals surface area contributed by atoms with Crippen LogP contribution in [0.2, 0.25) is 0 Å². The van der Waals surface area contributed by atoms with Gasteiger partial charge in [0.05, 0.1) is 6.54 Å². The van der Waals surface area contributed by atoms with E-state index in [4.69, 9.17) is 9.47 Å². The Hall–Kier alpha value is -1.59. The van der Waals surface area contributed by atoms with Crippen LogP contribution in [-0.2, 0) is 9.53 Å². The quantitative estimate of drug-likeness (QED) is 0.867. The summed E-state index contributed by atoms with van der Waals surface area (Å²) >= 11 is 0. The Morgan fingerprint density at radius 1 is 1.41 bits per heavy atom. The molecule has 1 aromatic carbocycles. The lowest BCUT2D eigenvalue weighted by Gasteiger charge is -2.41. The Morgan fingerprint density at radius 2 is 2.18 bits per heavy atom. The highest BCUT2D eigenvalue weighted by molar-refractivity contribution is 5.77. The fraction of sp³-hybridized carbons (Fsp3) is 0.588. The summed E-state index contributed by atoms with van der Waals surface area (Å²) in [6.07, 6.45) is 1.95. The molecule has 1 aliphatic heterocycles. The monoisotopic (exact) mass is 306 g/mol. The minimum Gasteiger partial charge on any atom is -0.490 e. The Bertz CT molecular complexity index is 506. The number of hydrogen-bond acceptors (Lipinski definition) is 4. The number of nitrogens with one attached hydrogen (secondary N) is 1. The number of aryl methyl sites for hydroxylation is 1. The number of likely N-dealkylation sites (N-methyl/N-ethyl adjacent to an activating group) is 1. The summed E-state index contributed by atoms with van der Waals surface area (Å²) in [4.78, 5) is 13.7. The minimum atomic E-state index is -0.353. The molecule has 1 amide bonds. The van der Waals surface area contributed by atoms with Crippen molar-refractivity contribution >= 4 is 5.91 Å². The van der Waals surface area contributed by atoms with E-state index >= 15 is 0 Å². The average molecular weight is 306 g/mol. The van der Waals surface area contributed by atoms with Crippen LogP contribution in [0.4, 0.5) is 0 Å². The molecule has 0 saturated carbocycles. The Labute approximate surface area is 132 Å². The van der Waals surface area contributed by atoms with Gasteiger partial charge in [-0.05, 0) is 37.9 Å². The summed E-state index contributed by atoms with van der Waals surface area (Å²) in [5, 5.41) is 2.67. The van der Waals surface area contributed by atoms with Gasteiger partial charge in [0, 0.05) is 20.7 Å². The van der Waals surface area contributed by atoms with E-state index in [9.17, 15) is 4.79 Å². The molecule has 5 heteroatoms. The van der Waals surface area contributed by atoms with Crippen LogP contribution in [0.25, 0.3) is 0 Å². The molecule has 0 aromatic heterocycles. The molecule has 1 N–H and O–H groups in total. The highest BCUT2D eigenvalue weighted by Crippen LogP contribution is 2.27. The van der Waals surface area contributed by atoms with Gasteiger partial charge in [0.25, 0.3) is 0 Å². The number of benzene rings is 1. The van der Waals surface area contributed by atoms with E-state index in [1.54, 1.807) is 14.2 Å². The van der Waals surface area contributed by atoms with Crippen LogP contribution in [0.3, 0.4) is 0 Å².